The highest BCUT2D eigenvalue weighted by molar-refractivity contribution is 7.07. The number of aromatic nitrogens is 1. The number of hydrogen-bond donors (Lipinski definition) is 1. The largest absolute Gasteiger partial charge is 0.512 e. The second-order valence-electron chi connectivity index (χ2n) is 1.20. The van der Waals surface area contributed by atoms with Crippen LogP contribution in [0.5, 0.6) is 5.06 Å². The summed E-state index contributed by atoms with van der Waals surface area (Å²) in [5.41, 5.74) is 0. The van der Waals surface area contributed by atoms with Gasteiger partial charge in [0, 0.05) is 23.8 Å². The molecule has 0 fully saturated rings. The minimum Gasteiger partial charge on any atom is -0.449 e. The van der Waals surface area contributed by atoms with Crippen LogP contribution in [0.25, 0.3) is 0 Å². The topological polar surface area (TPSA) is 59.4 Å². The quantitative estimate of drug-likeness (QED) is 0.603. The minimum absolute atomic E-state index is 0.294. The molecule has 1 rings (SSSR count). The molecule has 4 nitrogen and oxygen atoms in total. The maximum Gasteiger partial charge on any atom is 0.512 e. The molecule has 1 N–H and O–H groups in total. The third-order valence-electron chi connectivity index (χ3n) is 0.602. The van der Waals surface area contributed by atoms with Crippen molar-refractivity contribution >= 4 is 17.7 Å². The van der Waals surface area contributed by atoms with E-state index in [1.165, 1.54) is 12.3 Å². The van der Waals surface area contributed by atoms with Crippen LogP contribution in [0, 0.1) is 0 Å². The van der Waals surface area contributed by atoms with E-state index in [1.807, 2.05) is 0 Å². The van der Waals surface area contributed by atoms with Gasteiger partial charge in [-0.05, 0) is 0 Å². The summed E-state index contributed by atoms with van der Waals surface area (Å²) in [6, 6.07) is 1.48. The maximum absolute atomic E-state index is 9.82. The molecule has 0 aromatic carbocycles. The van der Waals surface area contributed by atoms with Crippen LogP contribution in [0.2, 0.25) is 0 Å². The van der Waals surface area contributed by atoms with Gasteiger partial charge in [0.1, 0.15) is 0 Å². The van der Waals surface area contributed by atoms with Crippen LogP contribution in [0.15, 0.2) is 12.3 Å². The first-order valence-electron chi connectivity index (χ1n) is 2.10. The van der Waals surface area contributed by atoms with Gasteiger partial charge in [0.25, 0.3) is 0 Å². The van der Waals surface area contributed by atoms with Gasteiger partial charge in [0.15, 0.2) is 0 Å². The first-order chi connectivity index (χ1) is 4.29. The van der Waals surface area contributed by atoms with E-state index in [2.05, 4.69) is 9.11 Å². The van der Waals surface area contributed by atoms with E-state index in [4.69, 9.17) is 5.11 Å². The fourth-order valence-electron chi connectivity index (χ4n) is 0.343. The number of rotatable bonds is 1. The van der Waals surface area contributed by atoms with Gasteiger partial charge in [0.05, 0.1) is 0 Å². The van der Waals surface area contributed by atoms with E-state index in [0.717, 1.165) is 11.5 Å². The van der Waals surface area contributed by atoms with Gasteiger partial charge < -0.3 is 9.84 Å². The molecule has 0 saturated carbocycles. The number of carbonyl (C=O) groups is 1. The number of nitrogens with zero attached hydrogens (tertiary/aromatic N) is 1. The Kier molecular flexibility index (Phi) is 1.64. The first kappa shape index (κ1) is 6.03. The molecule has 0 spiro atoms. The molecule has 0 amide bonds. The Morgan fingerprint density at radius 1 is 1.89 bits per heavy atom. The van der Waals surface area contributed by atoms with Crippen molar-refractivity contribution in [3.8, 4) is 5.06 Å². The van der Waals surface area contributed by atoms with Gasteiger partial charge in [-0.15, -0.1) is 0 Å². The Balaban J connectivity index is 2.58. The molecular formula is C4H3NO3S. The molecule has 0 bridgehead atoms. The third kappa shape index (κ3) is 1.69. The van der Waals surface area contributed by atoms with Gasteiger partial charge in [-0.3, -0.25) is 0 Å². The number of ether oxygens (including phenoxy) is 1. The lowest BCUT2D eigenvalue weighted by atomic mass is 10.7. The van der Waals surface area contributed by atoms with Crippen LogP contribution in [0.4, 0.5) is 4.79 Å². The molecule has 0 saturated heterocycles. The van der Waals surface area contributed by atoms with E-state index < -0.39 is 6.16 Å². The Labute approximate surface area is 54.9 Å². The summed E-state index contributed by atoms with van der Waals surface area (Å²) in [7, 11) is 0. The van der Waals surface area contributed by atoms with E-state index in [1.54, 1.807) is 0 Å². The second kappa shape index (κ2) is 2.45. The van der Waals surface area contributed by atoms with E-state index in [0.29, 0.717) is 5.06 Å². The standard InChI is InChI=1S/C4H3NO3S/c6-4(7)8-3-1-2-5-9-3/h1-2H,(H,6,7). The molecule has 0 unspecified atom stereocenters. The summed E-state index contributed by atoms with van der Waals surface area (Å²) in [6.45, 7) is 0. The summed E-state index contributed by atoms with van der Waals surface area (Å²) in [4.78, 5) is 9.82. The highest BCUT2D eigenvalue weighted by Crippen LogP contribution is 2.14. The summed E-state index contributed by atoms with van der Waals surface area (Å²) in [5.74, 6) is 0. The average Bonchev–Trinajstić information content (AvgIpc) is 2.15. The van der Waals surface area contributed by atoms with Crippen LogP contribution in [-0.2, 0) is 0 Å². The van der Waals surface area contributed by atoms with E-state index in [-0.39, 0.29) is 0 Å². The molecule has 1 aromatic heterocycles. The predicted molar refractivity (Wildman–Crippen MR) is 30.8 cm³/mol. The van der Waals surface area contributed by atoms with Crippen molar-refractivity contribution in [2.24, 2.45) is 0 Å². The van der Waals surface area contributed by atoms with Gasteiger partial charge in [0.2, 0.25) is 5.06 Å². The third-order valence-corrected chi connectivity index (χ3v) is 1.23. The minimum atomic E-state index is -1.31. The molecule has 0 aliphatic rings. The lowest BCUT2D eigenvalue weighted by Crippen LogP contribution is -2.00. The summed E-state index contributed by atoms with van der Waals surface area (Å²) >= 11 is 0.998. The van der Waals surface area contributed by atoms with Crippen LogP contribution < -0.4 is 4.74 Å². The van der Waals surface area contributed by atoms with Crippen LogP contribution >= 0.6 is 11.5 Å². The molecule has 0 radical (unpaired) electrons. The molecule has 5 heteroatoms. The Morgan fingerprint density at radius 2 is 2.67 bits per heavy atom. The average molecular weight is 145 g/mol. The predicted octanol–water partition coefficient (Wildman–Crippen LogP) is 1.20. The van der Waals surface area contributed by atoms with Crippen molar-refractivity contribution in [3.63, 3.8) is 0 Å². The second-order valence-corrected chi connectivity index (χ2v) is 2.00. The van der Waals surface area contributed by atoms with Gasteiger partial charge in [-0.1, -0.05) is 0 Å². The van der Waals surface area contributed by atoms with Gasteiger partial charge in [-0.2, -0.15) is 4.37 Å². The lowest BCUT2D eigenvalue weighted by molar-refractivity contribution is 0.146. The summed E-state index contributed by atoms with van der Waals surface area (Å²) < 4.78 is 7.86. The summed E-state index contributed by atoms with van der Waals surface area (Å²) in [5, 5.41) is 8.34. The monoisotopic (exact) mass is 145 g/mol. The van der Waals surface area contributed by atoms with Crippen molar-refractivity contribution in [3.05, 3.63) is 12.3 Å². The molecule has 1 aromatic rings. The highest BCUT2D eigenvalue weighted by Gasteiger charge is 1.99. The molecule has 0 aliphatic carbocycles. The van der Waals surface area contributed by atoms with Crippen molar-refractivity contribution in [1.29, 1.82) is 0 Å². The molecular weight excluding hydrogens is 142 g/mol. The van der Waals surface area contributed by atoms with Crippen LogP contribution in [0.3, 0.4) is 0 Å². The highest BCUT2D eigenvalue weighted by atomic mass is 32.1. The summed E-state index contributed by atoms with van der Waals surface area (Å²) in [6.07, 6.45) is 0.169. The lowest BCUT2D eigenvalue weighted by Gasteiger charge is -1.88. The maximum atomic E-state index is 9.82. The van der Waals surface area contributed by atoms with Gasteiger partial charge >= 0.3 is 6.16 Å². The first-order valence-corrected chi connectivity index (χ1v) is 2.88. The molecule has 9 heavy (non-hydrogen) atoms. The van der Waals surface area contributed by atoms with Crippen molar-refractivity contribution in [2.45, 2.75) is 0 Å². The zero-order valence-corrected chi connectivity index (χ0v) is 5.09. The zero-order chi connectivity index (χ0) is 6.69. The van der Waals surface area contributed by atoms with Crippen LogP contribution in [-0.4, -0.2) is 15.6 Å². The van der Waals surface area contributed by atoms with Crippen molar-refractivity contribution in [2.75, 3.05) is 0 Å². The Hall–Kier alpha value is -1.10. The molecule has 48 valence electrons. The molecule has 1 heterocycles. The number of carboxylic acid groups (broad SMARTS) is 1. The van der Waals surface area contributed by atoms with Crippen LogP contribution in [0.1, 0.15) is 0 Å². The van der Waals surface area contributed by atoms with E-state index in [9.17, 15) is 4.79 Å². The SMILES string of the molecule is O=C(O)Oc1ccns1. The van der Waals surface area contributed by atoms with E-state index >= 15 is 0 Å². The smallest absolute Gasteiger partial charge is 0.449 e. The normalized spacial score (nSPS) is 8.89. The fourth-order valence-corrected chi connectivity index (χ4v) is 0.799. The fraction of sp³-hybridized carbons (Fsp3) is 0. The molecule has 0 aliphatic heterocycles. The van der Waals surface area contributed by atoms with Gasteiger partial charge in [-0.25, -0.2) is 4.79 Å². The molecule has 0 atom stereocenters. The Bertz CT molecular complexity index is 196. The number of hydrogen-bond acceptors (Lipinski definition) is 4. The zero-order valence-electron chi connectivity index (χ0n) is 4.27. The Morgan fingerprint density at radius 3 is 3.11 bits per heavy atom. The van der Waals surface area contributed by atoms with Crippen molar-refractivity contribution < 1.29 is 14.6 Å². The van der Waals surface area contributed by atoms with Crippen molar-refractivity contribution in [1.82, 2.24) is 4.37 Å².